The van der Waals surface area contributed by atoms with Crippen LogP contribution in [-0.4, -0.2) is 28.5 Å². The summed E-state index contributed by atoms with van der Waals surface area (Å²) in [7, 11) is 1.73. The maximum Gasteiger partial charge on any atom is 0.169 e. The van der Waals surface area contributed by atoms with E-state index < -0.39 is 0 Å². The molecule has 0 saturated heterocycles. The van der Waals surface area contributed by atoms with E-state index >= 15 is 0 Å². The van der Waals surface area contributed by atoms with Gasteiger partial charge in [-0.3, -0.25) is 4.90 Å². The Hall–Kier alpha value is -2.24. The standard InChI is InChI=1S/C21H23N3OS/c1-14-10-19(25-3)15(2)9-16(14)12-24-7-6-18-17(13-24)11-22-21(23-18)20-5-4-8-26-20/h4-5,8-11H,6-7,12-13H2,1-3H3. The van der Waals surface area contributed by atoms with E-state index in [-0.39, 0.29) is 0 Å². The van der Waals surface area contributed by atoms with E-state index in [2.05, 4.69) is 47.3 Å². The van der Waals surface area contributed by atoms with Crippen LogP contribution in [0.15, 0.2) is 35.8 Å². The maximum atomic E-state index is 5.43. The Morgan fingerprint density at radius 3 is 2.88 bits per heavy atom. The Morgan fingerprint density at radius 2 is 2.12 bits per heavy atom. The van der Waals surface area contributed by atoms with Crippen molar-refractivity contribution in [2.24, 2.45) is 0 Å². The minimum absolute atomic E-state index is 0.855. The van der Waals surface area contributed by atoms with Crippen LogP contribution in [0.3, 0.4) is 0 Å². The minimum Gasteiger partial charge on any atom is -0.496 e. The molecule has 0 atom stereocenters. The van der Waals surface area contributed by atoms with Crippen LogP contribution < -0.4 is 4.74 Å². The number of ether oxygens (including phenoxy) is 1. The predicted octanol–water partition coefficient (Wildman–Crippen LogP) is 4.39. The number of rotatable bonds is 4. The van der Waals surface area contributed by atoms with Gasteiger partial charge in [0.05, 0.1) is 17.7 Å². The molecule has 0 N–H and O–H groups in total. The third-order valence-electron chi connectivity index (χ3n) is 5.00. The Kier molecular flexibility index (Phi) is 4.74. The zero-order valence-electron chi connectivity index (χ0n) is 15.5. The fraction of sp³-hybridized carbons (Fsp3) is 0.333. The van der Waals surface area contributed by atoms with Gasteiger partial charge in [-0.25, -0.2) is 9.97 Å². The number of thiophene rings is 1. The Morgan fingerprint density at radius 1 is 1.23 bits per heavy atom. The first-order valence-corrected chi connectivity index (χ1v) is 9.77. The third-order valence-corrected chi connectivity index (χ3v) is 5.87. The van der Waals surface area contributed by atoms with Crippen LogP contribution >= 0.6 is 11.3 Å². The van der Waals surface area contributed by atoms with Gasteiger partial charge in [-0.15, -0.1) is 11.3 Å². The Bertz CT molecular complexity index is 921. The van der Waals surface area contributed by atoms with Gasteiger partial charge in [0, 0.05) is 37.8 Å². The van der Waals surface area contributed by atoms with Crippen molar-refractivity contribution in [2.75, 3.05) is 13.7 Å². The maximum absolute atomic E-state index is 5.43. The molecule has 4 nitrogen and oxygen atoms in total. The highest BCUT2D eigenvalue weighted by atomic mass is 32.1. The molecule has 2 aromatic heterocycles. The lowest BCUT2D eigenvalue weighted by Crippen LogP contribution is -2.31. The van der Waals surface area contributed by atoms with Gasteiger partial charge in [-0.2, -0.15) is 0 Å². The van der Waals surface area contributed by atoms with E-state index in [1.54, 1.807) is 18.4 Å². The first-order valence-electron chi connectivity index (χ1n) is 8.89. The number of hydrogen-bond acceptors (Lipinski definition) is 5. The zero-order valence-corrected chi connectivity index (χ0v) is 16.3. The molecule has 26 heavy (non-hydrogen) atoms. The SMILES string of the molecule is COc1cc(C)c(CN2CCc3nc(-c4cccs4)ncc3C2)cc1C. The normalized spacial score (nSPS) is 14.3. The molecular weight excluding hydrogens is 342 g/mol. The van der Waals surface area contributed by atoms with Crippen molar-refractivity contribution in [1.29, 1.82) is 0 Å². The average Bonchev–Trinajstić information content (AvgIpc) is 3.18. The van der Waals surface area contributed by atoms with Crippen LogP contribution in [0.5, 0.6) is 5.75 Å². The third kappa shape index (κ3) is 3.37. The lowest BCUT2D eigenvalue weighted by molar-refractivity contribution is 0.242. The van der Waals surface area contributed by atoms with Gasteiger partial charge in [0.2, 0.25) is 0 Å². The van der Waals surface area contributed by atoms with Crippen molar-refractivity contribution in [3.63, 3.8) is 0 Å². The molecule has 3 heterocycles. The first kappa shape index (κ1) is 17.2. The highest BCUT2D eigenvalue weighted by molar-refractivity contribution is 7.13. The molecule has 0 radical (unpaired) electrons. The van der Waals surface area contributed by atoms with Crippen LogP contribution in [0.1, 0.15) is 27.9 Å². The summed E-state index contributed by atoms with van der Waals surface area (Å²) in [4.78, 5) is 13.0. The van der Waals surface area contributed by atoms with Crippen LogP contribution in [0, 0.1) is 13.8 Å². The Balaban J connectivity index is 1.51. The summed E-state index contributed by atoms with van der Waals surface area (Å²) in [5, 5.41) is 2.07. The van der Waals surface area contributed by atoms with Crippen molar-refractivity contribution in [2.45, 2.75) is 33.4 Å². The lowest BCUT2D eigenvalue weighted by Gasteiger charge is -2.28. The van der Waals surface area contributed by atoms with Crippen molar-refractivity contribution in [3.8, 4) is 16.5 Å². The highest BCUT2D eigenvalue weighted by Gasteiger charge is 2.20. The number of hydrogen-bond donors (Lipinski definition) is 0. The van der Waals surface area contributed by atoms with E-state index in [0.717, 1.165) is 42.5 Å². The van der Waals surface area contributed by atoms with Crippen molar-refractivity contribution in [3.05, 3.63) is 63.8 Å². The number of benzene rings is 1. The number of aromatic nitrogens is 2. The molecule has 0 aliphatic carbocycles. The average molecular weight is 366 g/mol. The zero-order chi connectivity index (χ0) is 18.1. The summed E-state index contributed by atoms with van der Waals surface area (Å²) in [6.45, 7) is 7.14. The summed E-state index contributed by atoms with van der Waals surface area (Å²) < 4.78 is 5.43. The fourth-order valence-corrected chi connectivity index (χ4v) is 4.18. The molecular formula is C21H23N3OS. The molecule has 5 heteroatoms. The van der Waals surface area contributed by atoms with E-state index in [1.165, 1.54) is 27.9 Å². The molecule has 0 bridgehead atoms. The molecule has 1 aromatic carbocycles. The predicted molar refractivity (Wildman–Crippen MR) is 106 cm³/mol. The first-order chi connectivity index (χ1) is 12.6. The smallest absolute Gasteiger partial charge is 0.169 e. The molecule has 0 spiro atoms. The summed E-state index contributed by atoms with van der Waals surface area (Å²) in [6.07, 6.45) is 2.99. The molecule has 0 amide bonds. The van der Waals surface area contributed by atoms with E-state index in [1.807, 2.05) is 12.3 Å². The number of nitrogens with zero attached hydrogens (tertiary/aromatic N) is 3. The molecule has 0 unspecified atom stereocenters. The van der Waals surface area contributed by atoms with Crippen LogP contribution in [0.4, 0.5) is 0 Å². The van der Waals surface area contributed by atoms with Crippen LogP contribution in [0.2, 0.25) is 0 Å². The summed E-state index contributed by atoms with van der Waals surface area (Å²) in [5.74, 6) is 1.82. The molecule has 134 valence electrons. The second kappa shape index (κ2) is 7.17. The monoisotopic (exact) mass is 365 g/mol. The summed E-state index contributed by atoms with van der Waals surface area (Å²) in [6, 6.07) is 8.51. The van der Waals surface area contributed by atoms with E-state index in [4.69, 9.17) is 9.72 Å². The molecule has 1 aliphatic heterocycles. The van der Waals surface area contributed by atoms with Gasteiger partial charge >= 0.3 is 0 Å². The van der Waals surface area contributed by atoms with Crippen molar-refractivity contribution >= 4 is 11.3 Å². The molecule has 3 aromatic rings. The van der Waals surface area contributed by atoms with Gasteiger partial charge in [0.15, 0.2) is 5.82 Å². The topological polar surface area (TPSA) is 38.2 Å². The number of aryl methyl sites for hydroxylation is 2. The number of methoxy groups -OCH3 is 1. The van der Waals surface area contributed by atoms with E-state index in [9.17, 15) is 0 Å². The molecule has 4 rings (SSSR count). The molecule has 0 saturated carbocycles. The minimum atomic E-state index is 0.855. The number of fused-ring (bicyclic) bond motifs is 1. The largest absolute Gasteiger partial charge is 0.496 e. The quantitative estimate of drug-likeness (QED) is 0.687. The van der Waals surface area contributed by atoms with Gasteiger partial charge < -0.3 is 4.74 Å². The highest BCUT2D eigenvalue weighted by Crippen LogP contribution is 2.27. The van der Waals surface area contributed by atoms with Crippen LogP contribution in [0.25, 0.3) is 10.7 Å². The second-order valence-electron chi connectivity index (χ2n) is 6.85. The summed E-state index contributed by atoms with van der Waals surface area (Å²) in [5.41, 5.74) is 6.28. The van der Waals surface area contributed by atoms with Crippen LogP contribution in [-0.2, 0) is 19.5 Å². The van der Waals surface area contributed by atoms with Gasteiger partial charge in [0.25, 0.3) is 0 Å². The fourth-order valence-electron chi connectivity index (χ4n) is 3.51. The summed E-state index contributed by atoms with van der Waals surface area (Å²) >= 11 is 1.69. The molecule has 0 fully saturated rings. The Labute approximate surface area is 158 Å². The van der Waals surface area contributed by atoms with Gasteiger partial charge in [0.1, 0.15) is 5.75 Å². The van der Waals surface area contributed by atoms with Crippen molar-refractivity contribution in [1.82, 2.24) is 14.9 Å². The van der Waals surface area contributed by atoms with Crippen molar-refractivity contribution < 1.29 is 4.74 Å². The van der Waals surface area contributed by atoms with E-state index in [0.29, 0.717) is 0 Å². The lowest BCUT2D eigenvalue weighted by atomic mass is 10.0. The van der Waals surface area contributed by atoms with Gasteiger partial charge in [-0.05, 0) is 48.1 Å². The molecule has 1 aliphatic rings. The van der Waals surface area contributed by atoms with Gasteiger partial charge in [-0.1, -0.05) is 12.1 Å². The second-order valence-corrected chi connectivity index (χ2v) is 7.80.